The summed E-state index contributed by atoms with van der Waals surface area (Å²) in [6.45, 7) is 5.73. The highest BCUT2D eigenvalue weighted by atomic mass is 35.5. The SMILES string of the molecule is CC(C)(C)C(Cc1cc(Sc2ccc(Cl)nc2)n(-c2cccc(F)c2F)n1)NC(=O)O. The van der Waals surface area contributed by atoms with Crippen LogP contribution in [0.2, 0.25) is 5.15 Å². The van der Waals surface area contributed by atoms with Crippen molar-refractivity contribution >= 4 is 29.5 Å². The Hall–Kier alpha value is -2.65. The second-order valence-corrected chi connectivity index (χ2v) is 9.43. The van der Waals surface area contributed by atoms with E-state index in [9.17, 15) is 18.7 Å². The zero-order valence-electron chi connectivity index (χ0n) is 17.1. The van der Waals surface area contributed by atoms with Crippen LogP contribution in [0.1, 0.15) is 26.5 Å². The fourth-order valence-electron chi connectivity index (χ4n) is 2.89. The van der Waals surface area contributed by atoms with Crippen LogP contribution in [-0.4, -0.2) is 32.0 Å². The minimum atomic E-state index is -1.14. The van der Waals surface area contributed by atoms with Crippen molar-refractivity contribution in [1.82, 2.24) is 20.1 Å². The van der Waals surface area contributed by atoms with E-state index in [-0.39, 0.29) is 17.5 Å². The van der Waals surface area contributed by atoms with Crippen LogP contribution in [0.4, 0.5) is 13.6 Å². The lowest BCUT2D eigenvalue weighted by Gasteiger charge is -2.29. The molecule has 0 aliphatic heterocycles. The van der Waals surface area contributed by atoms with Crippen LogP contribution in [0.25, 0.3) is 5.69 Å². The molecule has 2 N–H and O–H groups in total. The van der Waals surface area contributed by atoms with Crippen molar-refractivity contribution in [3.63, 3.8) is 0 Å². The van der Waals surface area contributed by atoms with Crippen LogP contribution in [0, 0.1) is 17.0 Å². The average molecular weight is 467 g/mol. The molecular weight excluding hydrogens is 446 g/mol. The Kier molecular flexibility index (Phi) is 6.86. The molecule has 2 heterocycles. The van der Waals surface area contributed by atoms with E-state index < -0.39 is 23.8 Å². The first-order chi connectivity index (χ1) is 14.5. The molecule has 1 unspecified atom stereocenters. The topological polar surface area (TPSA) is 80.0 Å². The van der Waals surface area contributed by atoms with Crippen molar-refractivity contribution in [2.75, 3.05) is 0 Å². The van der Waals surface area contributed by atoms with Gasteiger partial charge in [0.15, 0.2) is 11.6 Å². The van der Waals surface area contributed by atoms with Crippen LogP contribution < -0.4 is 5.32 Å². The van der Waals surface area contributed by atoms with Crippen LogP contribution in [0.15, 0.2) is 52.5 Å². The molecule has 3 aromatic rings. The quantitative estimate of drug-likeness (QED) is 0.464. The largest absolute Gasteiger partial charge is 0.465 e. The predicted molar refractivity (Wildman–Crippen MR) is 115 cm³/mol. The number of aromatic nitrogens is 3. The summed E-state index contributed by atoms with van der Waals surface area (Å²) >= 11 is 7.10. The maximum Gasteiger partial charge on any atom is 0.404 e. The molecule has 0 saturated heterocycles. The fraction of sp³-hybridized carbons (Fsp3) is 0.286. The minimum Gasteiger partial charge on any atom is -0.465 e. The summed E-state index contributed by atoms with van der Waals surface area (Å²) in [6.07, 6.45) is 0.694. The lowest BCUT2D eigenvalue weighted by Crippen LogP contribution is -2.44. The van der Waals surface area contributed by atoms with Gasteiger partial charge in [0.1, 0.15) is 15.9 Å². The van der Waals surface area contributed by atoms with E-state index in [4.69, 9.17) is 11.6 Å². The van der Waals surface area contributed by atoms with Gasteiger partial charge in [-0.1, -0.05) is 50.2 Å². The number of halogens is 3. The monoisotopic (exact) mass is 466 g/mol. The summed E-state index contributed by atoms with van der Waals surface area (Å²) in [5.74, 6) is -2.01. The number of hydrogen-bond donors (Lipinski definition) is 2. The van der Waals surface area contributed by atoms with Gasteiger partial charge in [0.25, 0.3) is 0 Å². The highest BCUT2D eigenvalue weighted by molar-refractivity contribution is 7.99. The molecule has 0 spiro atoms. The maximum absolute atomic E-state index is 14.5. The Morgan fingerprint density at radius 3 is 2.65 bits per heavy atom. The van der Waals surface area contributed by atoms with Gasteiger partial charge >= 0.3 is 6.09 Å². The lowest BCUT2D eigenvalue weighted by molar-refractivity contribution is 0.174. The van der Waals surface area contributed by atoms with Gasteiger partial charge in [0.2, 0.25) is 0 Å². The van der Waals surface area contributed by atoms with E-state index in [1.165, 1.54) is 28.6 Å². The second-order valence-electron chi connectivity index (χ2n) is 7.95. The molecule has 0 bridgehead atoms. The van der Waals surface area contributed by atoms with Crippen LogP contribution in [-0.2, 0) is 6.42 Å². The third-order valence-electron chi connectivity index (χ3n) is 4.57. The van der Waals surface area contributed by atoms with Crippen molar-refractivity contribution in [1.29, 1.82) is 0 Å². The number of benzene rings is 1. The van der Waals surface area contributed by atoms with E-state index in [1.54, 1.807) is 24.4 Å². The first-order valence-electron chi connectivity index (χ1n) is 9.37. The zero-order chi connectivity index (χ0) is 22.8. The van der Waals surface area contributed by atoms with Crippen molar-refractivity contribution in [2.45, 2.75) is 43.2 Å². The molecule has 6 nitrogen and oxygen atoms in total. The van der Waals surface area contributed by atoms with Crippen LogP contribution >= 0.6 is 23.4 Å². The number of carbonyl (C=O) groups is 1. The van der Waals surface area contributed by atoms with Gasteiger partial charge in [-0.2, -0.15) is 5.10 Å². The van der Waals surface area contributed by atoms with Gasteiger partial charge in [-0.3, -0.25) is 0 Å². The molecule has 0 aliphatic carbocycles. The van der Waals surface area contributed by atoms with E-state index in [2.05, 4.69) is 15.4 Å². The number of carboxylic acid groups (broad SMARTS) is 1. The normalized spacial score (nSPS) is 12.6. The molecule has 0 saturated carbocycles. The van der Waals surface area contributed by atoms with Gasteiger partial charge in [-0.25, -0.2) is 23.2 Å². The third-order valence-corrected chi connectivity index (χ3v) is 5.77. The Bertz CT molecular complexity index is 1080. The predicted octanol–water partition coefficient (Wildman–Crippen LogP) is 5.57. The van der Waals surface area contributed by atoms with Gasteiger partial charge in [-0.15, -0.1) is 0 Å². The maximum atomic E-state index is 14.5. The summed E-state index contributed by atoms with van der Waals surface area (Å²) < 4.78 is 29.7. The Balaban J connectivity index is 2.03. The molecule has 0 fully saturated rings. The van der Waals surface area contributed by atoms with Gasteiger partial charge in [0, 0.05) is 23.6 Å². The second kappa shape index (κ2) is 9.23. The van der Waals surface area contributed by atoms with Crippen molar-refractivity contribution in [3.8, 4) is 5.69 Å². The molecule has 1 atom stereocenters. The zero-order valence-corrected chi connectivity index (χ0v) is 18.6. The van der Waals surface area contributed by atoms with Crippen molar-refractivity contribution < 1.29 is 18.7 Å². The summed E-state index contributed by atoms with van der Waals surface area (Å²) in [5.41, 5.74) is 0.0931. The van der Waals surface area contributed by atoms with Crippen LogP contribution in [0.5, 0.6) is 0 Å². The molecule has 31 heavy (non-hydrogen) atoms. The number of hydrogen-bond acceptors (Lipinski definition) is 4. The standard InChI is InChI=1S/C21H21ClF2N4O2S/c1-21(2,3)16(26-20(29)30)9-12-10-18(31-13-7-8-17(22)25-11-13)28(27-12)15-6-4-5-14(23)19(15)24/h4-8,10-11,16,26H,9H2,1-3H3,(H,29,30). The minimum absolute atomic E-state index is 0.0471. The molecule has 2 aromatic heterocycles. The Labute approximate surface area is 187 Å². The number of pyridine rings is 1. The molecule has 0 radical (unpaired) electrons. The fourth-order valence-corrected chi connectivity index (χ4v) is 3.90. The number of rotatable bonds is 6. The Morgan fingerprint density at radius 1 is 1.29 bits per heavy atom. The molecule has 164 valence electrons. The van der Waals surface area contributed by atoms with Gasteiger partial charge in [0.05, 0.1) is 5.69 Å². The van der Waals surface area contributed by atoms with E-state index in [0.29, 0.717) is 15.9 Å². The van der Waals surface area contributed by atoms with Gasteiger partial charge in [-0.05, 0) is 35.7 Å². The first-order valence-corrected chi connectivity index (χ1v) is 10.6. The smallest absolute Gasteiger partial charge is 0.404 e. The summed E-state index contributed by atoms with van der Waals surface area (Å²) in [4.78, 5) is 16.0. The van der Waals surface area contributed by atoms with Gasteiger partial charge < -0.3 is 10.4 Å². The number of nitrogens with zero attached hydrogens (tertiary/aromatic N) is 3. The number of nitrogens with one attached hydrogen (secondary N) is 1. The molecule has 3 rings (SSSR count). The summed E-state index contributed by atoms with van der Waals surface area (Å²) in [5, 5.41) is 17.0. The highest BCUT2D eigenvalue weighted by Gasteiger charge is 2.28. The van der Waals surface area contributed by atoms with Crippen molar-refractivity contribution in [3.05, 3.63) is 65.1 Å². The van der Waals surface area contributed by atoms with E-state index in [0.717, 1.165) is 11.0 Å². The van der Waals surface area contributed by atoms with E-state index >= 15 is 0 Å². The summed E-state index contributed by atoms with van der Waals surface area (Å²) in [7, 11) is 0. The molecule has 1 aromatic carbocycles. The molecule has 10 heteroatoms. The average Bonchev–Trinajstić information content (AvgIpc) is 3.06. The highest BCUT2D eigenvalue weighted by Crippen LogP contribution is 2.32. The van der Waals surface area contributed by atoms with E-state index in [1.807, 2.05) is 20.8 Å². The summed E-state index contributed by atoms with van der Waals surface area (Å²) in [6, 6.07) is 8.52. The molecule has 1 amide bonds. The Morgan fingerprint density at radius 2 is 2.03 bits per heavy atom. The molecular formula is C21H21ClF2N4O2S. The van der Waals surface area contributed by atoms with Crippen LogP contribution in [0.3, 0.4) is 0 Å². The lowest BCUT2D eigenvalue weighted by atomic mass is 9.84. The molecule has 0 aliphatic rings. The first kappa shape index (κ1) is 23.0. The van der Waals surface area contributed by atoms with Crippen molar-refractivity contribution in [2.24, 2.45) is 5.41 Å². The third kappa shape index (κ3) is 5.74. The number of amides is 1.